The molecule has 440 valence electrons. The molecular weight excluding hydrogens is 969 g/mol. The van der Waals surface area contributed by atoms with Crippen LogP contribution in [-0.4, -0.2) is 156 Å². The van der Waals surface area contributed by atoms with Gasteiger partial charge in [-0.1, -0.05) is 103 Å². The number of likely N-dealkylation sites (tertiary alicyclic amines) is 2. The summed E-state index contributed by atoms with van der Waals surface area (Å²) in [6.07, 6.45) is 12.0. The van der Waals surface area contributed by atoms with E-state index < -0.39 is 36.1 Å². The van der Waals surface area contributed by atoms with Crippen LogP contribution >= 0.6 is 0 Å². The minimum Gasteiger partial charge on any atom is -0.396 e. The number of carbonyl (C=O) groups excluding carboxylic acids is 5. The second-order valence-corrected chi connectivity index (χ2v) is 29.6. The first kappa shape index (κ1) is 61.8. The van der Waals surface area contributed by atoms with Gasteiger partial charge in [-0.3, -0.25) is 28.9 Å². The lowest BCUT2D eigenvalue weighted by Gasteiger charge is -2.73. The molecule has 0 spiro atoms. The van der Waals surface area contributed by atoms with Gasteiger partial charge in [0.15, 0.2) is 0 Å². The Morgan fingerprint density at radius 1 is 0.805 bits per heavy atom. The molecule has 18 atom stereocenters. The van der Waals surface area contributed by atoms with Crippen LogP contribution in [0, 0.1) is 85.8 Å². The predicted octanol–water partition coefficient (Wildman–Crippen LogP) is 8.41. The van der Waals surface area contributed by atoms with Crippen molar-refractivity contribution in [1.82, 2.24) is 30.2 Å². The van der Waals surface area contributed by atoms with Gasteiger partial charge in [-0.25, -0.2) is 0 Å². The van der Waals surface area contributed by atoms with Gasteiger partial charge in [0.2, 0.25) is 29.5 Å². The third kappa shape index (κ3) is 10.4. The fourth-order valence-corrected chi connectivity index (χ4v) is 19.7. The number of methoxy groups -OCH3 is 1. The summed E-state index contributed by atoms with van der Waals surface area (Å²) < 4.78 is 6.16. The van der Waals surface area contributed by atoms with Gasteiger partial charge in [0.25, 0.3) is 0 Å². The van der Waals surface area contributed by atoms with Crippen LogP contribution in [0.2, 0.25) is 0 Å². The first-order valence-corrected chi connectivity index (χ1v) is 30.8. The number of hydrogen-bond acceptors (Lipinski definition) is 9. The summed E-state index contributed by atoms with van der Waals surface area (Å²) in [6.45, 7) is 32.0. The van der Waals surface area contributed by atoms with Gasteiger partial charge in [0, 0.05) is 64.8 Å². The number of rotatable bonds is 20. The molecule has 5 saturated carbocycles. The molecule has 2 heterocycles. The zero-order chi connectivity index (χ0) is 57.3. The molecule has 14 nitrogen and oxygen atoms in total. The van der Waals surface area contributed by atoms with Crippen LogP contribution in [0.15, 0.2) is 0 Å². The lowest BCUT2D eigenvalue weighted by Crippen LogP contribution is -2.68. The summed E-state index contributed by atoms with van der Waals surface area (Å²) in [6, 6.07) is -1.94. The molecule has 0 aromatic rings. The van der Waals surface area contributed by atoms with Crippen LogP contribution in [0.1, 0.15) is 187 Å². The zero-order valence-electron chi connectivity index (χ0n) is 51.6. The van der Waals surface area contributed by atoms with E-state index in [-0.39, 0.29) is 111 Å². The van der Waals surface area contributed by atoms with Crippen LogP contribution in [-0.2, 0) is 28.7 Å². The van der Waals surface area contributed by atoms with Gasteiger partial charge in [-0.15, -0.1) is 0 Å². The molecule has 5 aliphatic carbocycles. The number of aliphatic hydroxyl groups excluding tert-OH is 2. The molecule has 0 radical (unpaired) electrons. The number of nitrogens with one attached hydrogen (secondary N) is 2. The molecule has 77 heavy (non-hydrogen) atoms. The average molecular weight is 1080 g/mol. The fourth-order valence-electron chi connectivity index (χ4n) is 19.7. The normalized spacial score (nSPS) is 36.9. The van der Waals surface area contributed by atoms with Crippen LogP contribution in [0.3, 0.4) is 0 Å². The average Bonchev–Trinajstić information content (AvgIpc) is 3.96. The molecule has 14 heteroatoms. The van der Waals surface area contributed by atoms with Crippen molar-refractivity contribution in [2.45, 2.75) is 229 Å². The Hall–Kier alpha value is -2.81. The van der Waals surface area contributed by atoms with Crippen molar-refractivity contribution in [1.29, 1.82) is 0 Å². The van der Waals surface area contributed by atoms with E-state index in [9.17, 15) is 29.4 Å². The van der Waals surface area contributed by atoms with E-state index in [0.29, 0.717) is 56.1 Å². The molecule has 7 fully saturated rings. The van der Waals surface area contributed by atoms with Gasteiger partial charge in [0.05, 0.1) is 35.6 Å². The maximum absolute atomic E-state index is 15.3. The van der Waals surface area contributed by atoms with E-state index in [1.807, 2.05) is 72.4 Å². The molecule has 5 amide bonds. The van der Waals surface area contributed by atoms with Gasteiger partial charge in [-0.2, -0.15) is 0 Å². The monoisotopic (exact) mass is 1080 g/mol. The third-order valence-electron chi connectivity index (χ3n) is 24.1. The van der Waals surface area contributed by atoms with Crippen molar-refractivity contribution in [3.05, 3.63) is 0 Å². The van der Waals surface area contributed by atoms with Crippen LogP contribution in [0.5, 0.6) is 0 Å². The second-order valence-electron chi connectivity index (χ2n) is 29.6. The molecule has 6 unspecified atom stereocenters. The second kappa shape index (κ2) is 22.9. The van der Waals surface area contributed by atoms with Crippen molar-refractivity contribution in [2.75, 3.05) is 54.5 Å². The number of amides is 5. The maximum atomic E-state index is 15.3. The molecule has 2 aliphatic heterocycles. The Kier molecular flexibility index (Phi) is 18.3. The van der Waals surface area contributed by atoms with Crippen molar-refractivity contribution >= 4 is 29.5 Å². The highest BCUT2D eigenvalue weighted by Gasteiger charge is 2.75. The van der Waals surface area contributed by atoms with Crippen LogP contribution < -0.4 is 10.6 Å². The van der Waals surface area contributed by atoms with Crippen molar-refractivity contribution in [2.24, 2.45) is 85.8 Å². The summed E-state index contributed by atoms with van der Waals surface area (Å²) in [4.78, 5) is 79.8. The minimum atomic E-state index is -0.791. The van der Waals surface area contributed by atoms with Crippen molar-refractivity contribution in [3.8, 4) is 0 Å². The lowest BCUT2D eigenvalue weighted by atomic mass is 9.31. The summed E-state index contributed by atoms with van der Waals surface area (Å²) >= 11 is 0. The van der Waals surface area contributed by atoms with E-state index in [0.717, 1.165) is 57.8 Å². The lowest BCUT2D eigenvalue weighted by molar-refractivity contribution is -0.250. The highest BCUT2D eigenvalue weighted by Crippen LogP contribution is 2.78. The summed E-state index contributed by atoms with van der Waals surface area (Å²) in [5.41, 5.74) is -0.0439. The first-order valence-electron chi connectivity index (χ1n) is 30.8. The topological polar surface area (TPSA) is 172 Å². The van der Waals surface area contributed by atoms with Gasteiger partial charge < -0.3 is 40.3 Å². The molecule has 4 N–H and O–H groups in total. The Morgan fingerprint density at radius 2 is 1.47 bits per heavy atom. The predicted molar refractivity (Wildman–Crippen MR) is 304 cm³/mol. The van der Waals surface area contributed by atoms with Crippen LogP contribution in [0.25, 0.3) is 0 Å². The fraction of sp³-hybridized carbons (Fsp3) is 0.921. The van der Waals surface area contributed by atoms with Gasteiger partial charge >= 0.3 is 0 Å². The first-order chi connectivity index (χ1) is 35.9. The Balaban J connectivity index is 1.02. The molecule has 2 bridgehead atoms. The smallest absolute Gasteiger partial charge is 0.245 e. The zero-order valence-corrected chi connectivity index (χ0v) is 51.6. The SMILES string of the molecule is CC[C@H](C)C([C@H](CO)CC(=O)N1CCCC1[C@H](OC)[C@@H](C)C(=O)NCCN1C(=O)[C@]23CCC(C)(C)C1C2[C@H]1CCC2[C@@]4(C)CC[C@H](O)C(C)(C)C4CC[C@@]2(C)[C@]1(C)CC3)N(C)C(=O)[C@@H](NC(=O)[C@H](C(C)C)N(C)C)C(C)C. The largest absolute Gasteiger partial charge is 0.396 e. The van der Waals surface area contributed by atoms with E-state index in [1.165, 1.54) is 12.8 Å². The highest BCUT2D eigenvalue weighted by atomic mass is 16.5. The van der Waals surface area contributed by atoms with E-state index in [1.54, 1.807) is 19.1 Å². The Morgan fingerprint density at radius 3 is 2.06 bits per heavy atom. The molecule has 2 saturated heterocycles. The standard InChI is InChI=1S/C63H110N6O8/c1-19-39(6)51(67(17)56(75)49(37(2)3)65-55(74)50(38(4)5)66(15)16)41(36-70)35-47(72)68-33-20-21-43(68)52(77-18)40(7)54(73)64-32-34-69-53-48-42-22-23-45-60(12)26-25-46(71)59(10,11)44(60)24-27-62(45,14)61(42,13)29-31-63(48,57(69)76)30-28-58(53,8)9/h37-46,48-53,70-71H,19-36H2,1-18H3,(H,64,73)(H,65,74)/t39-,40+,41-,42+,43?,44?,45?,46-,48?,49-,50-,51?,52+,53?,60-,61+,62+,63-/m0/s1. The Bertz CT molecular complexity index is 2140. The molecule has 0 aromatic carbocycles. The minimum absolute atomic E-state index is 0.0122. The number of ether oxygens (including phenoxy) is 1. The number of hydrogen-bond donors (Lipinski definition) is 4. The Labute approximate surface area is 466 Å². The van der Waals surface area contributed by atoms with Crippen molar-refractivity contribution in [3.63, 3.8) is 0 Å². The van der Waals surface area contributed by atoms with E-state index in [4.69, 9.17) is 4.74 Å². The van der Waals surface area contributed by atoms with Gasteiger partial charge in [-0.05, 0) is 160 Å². The van der Waals surface area contributed by atoms with Crippen molar-refractivity contribution < 1.29 is 38.9 Å². The molecular formula is C63H110N6O8. The summed E-state index contributed by atoms with van der Waals surface area (Å²) in [5.74, 6) is -0.0112. The number of nitrogens with zero attached hydrogens (tertiary/aromatic N) is 4. The van der Waals surface area contributed by atoms with E-state index >= 15 is 4.79 Å². The number of likely N-dealkylation sites (N-methyl/N-ethyl adjacent to an activating group) is 2. The molecule has 7 aliphatic rings. The van der Waals surface area contributed by atoms with Crippen LogP contribution in [0.4, 0.5) is 0 Å². The number of fused-ring (bicyclic) bond motifs is 5. The molecule has 0 aromatic heterocycles. The van der Waals surface area contributed by atoms with Gasteiger partial charge in [0.1, 0.15) is 6.04 Å². The summed E-state index contributed by atoms with van der Waals surface area (Å²) in [5, 5.41) is 28.6. The third-order valence-corrected chi connectivity index (χ3v) is 24.1. The number of aliphatic hydroxyl groups is 2. The highest BCUT2D eigenvalue weighted by molar-refractivity contribution is 5.90. The quantitative estimate of drug-likeness (QED) is 0.0935. The van der Waals surface area contributed by atoms with E-state index in [2.05, 4.69) is 64.0 Å². The summed E-state index contributed by atoms with van der Waals surface area (Å²) in [7, 11) is 7.06. The number of carbonyl (C=O) groups is 5. The molecule has 7 rings (SSSR count). The maximum Gasteiger partial charge on any atom is 0.245 e.